The first-order chi connectivity index (χ1) is 14.1. The molecule has 0 spiro atoms. The van der Waals surface area contributed by atoms with Gasteiger partial charge in [-0.2, -0.15) is 0 Å². The fraction of sp³-hybridized carbons (Fsp3) is 0.286. The molecule has 0 unspecified atom stereocenters. The van der Waals surface area contributed by atoms with Crippen molar-refractivity contribution in [1.29, 1.82) is 0 Å². The molecular weight excluding hydrogens is 368 g/mol. The Bertz CT molecular complexity index is 1190. The number of likely N-dealkylation sites (tertiary alicyclic amines) is 1. The molecule has 3 aromatic heterocycles. The predicted octanol–water partition coefficient (Wildman–Crippen LogP) is 3.25. The molecule has 1 aromatic carbocycles. The Morgan fingerprint density at radius 2 is 2.10 bits per heavy atom. The number of nitrogens with one attached hydrogen (secondary N) is 1. The van der Waals surface area contributed by atoms with Gasteiger partial charge in [-0.15, -0.1) is 10.2 Å². The zero-order chi connectivity index (χ0) is 20.0. The SMILES string of the molecule is Cc1cnc(-c2nnc([C@H]3CCN(C(=O)c4cc5c(C)cccc5[nH]4)C3)o2)cn1. The number of nitrogens with zero attached hydrogens (tertiary/aromatic N) is 5. The van der Waals surface area contributed by atoms with Gasteiger partial charge in [0.1, 0.15) is 11.4 Å². The number of carbonyl (C=O) groups excluding carboxylic acids is 1. The Kier molecular flexibility index (Phi) is 4.12. The van der Waals surface area contributed by atoms with Crippen LogP contribution < -0.4 is 0 Å². The Labute approximate surface area is 167 Å². The topological polar surface area (TPSA) is 101 Å². The molecular formula is C21H20N6O2. The third kappa shape index (κ3) is 3.16. The van der Waals surface area contributed by atoms with Crippen molar-refractivity contribution in [1.82, 2.24) is 30.0 Å². The first-order valence-corrected chi connectivity index (χ1v) is 9.58. The lowest BCUT2D eigenvalue weighted by atomic mass is 10.1. The fourth-order valence-electron chi connectivity index (χ4n) is 3.74. The van der Waals surface area contributed by atoms with Crippen molar-refractivity contribution in [3.63, 3.8) is 0 Å². The number of fused-ring (bicyclic) bond motifs is 1. The van der Waals surface area contributed by atoms with Crippen molar-refractivity contribution in [3.05, 3.63) is 59.5 Å². The normalized spacial score (nSPS) is 16.6. The summed E-state index contributed by atoms with van der Waals surface area (Å²) in [6, 6.07) is 7.95. The lowest BCUT2D eigenvalue weighted by Crippen LogP contribution is -2.28. The van der Waals surface area contributed by atoms with Crippen molar-refractivity contribution >= 4 is 16.8 Å². The lowest BCUT2D eigenvalue weighted by molar-refractivity contribution is 0.0785. The number of H-pyrrole nitrogens is 1. The first kappa shape index (κ1) is 17.5. The van der Waals surface area contributed by atoms with E-state index >= 15 is 0 Å². The molecule has 146 valence electrons. The standard InChI is InChI=1S/C21H20N6O2/c1-12-4-3-5-16-15(12)8-17(24-16)21(28)27-7-6-14(11-27)19-25-26-20(29-19)18-10-22-13(2)9-23-18/h3-5,8-10,14,24H,6-7,11H2,1-2H3/t14-/m0/s1. The molecule has 1 N–H and O–H groups in total. The first-order valence-electron chi connectivity index (χ1n) is 9.58. The van der Waals surface area contributed by atoms with Crippen LogP contribution in [0.4, 0.5) is 0 Å². The van der Waals surface area contributed by atoms with Crippen LogP contribution >= 0.6 is 0 Å². The van der Waals surface area contributed by atoms with Gasteiger partial charge < -0.3 is 14.3 Å². The van der Waals surface area contributed by atoms with E-state index in [1.807, 2.05) is 43.0 Å². The van der Waals surface area contributed by atoms with Gasteiger partial charge in [-0.25, -0.2) is 4.98 Å². The summed E-state index contributed by atoms with van der Waals surface area (Å²) in [6.07, 6.45) is 4.07. The largest absolute Gasteiger partial charge is 0.419 e. The number of carbonyl (C=O) groups is 1. The highest BCUT2D eigenvalue weighted by atomic mass is 16.4. The summed E-state index contributed by atoms with van der Waals surface area (Å²) in [6.45, 7) is 5.12. The second-order valence-corrected chi connectivity index (χ2v) is 7.44. The van der Waals surface area contributed by atoms with E-state index in [1.54, 1.807) is 12.4 Å². The van der Waals surface area contributed by atoms with E-state index in [-0.39, 0.29) is 11.8 Å². The smallest absolute Gasteiger partial charge is 0.270 e. The van der Waals surface area contributed by atoms with Crippen LogP contribution in [0.2, 0.25) is 0 Å². The summed E-state index contributed by atoms with van der Waals surface area (Å²) in [4.78, 5) is 26.5. The molecule has 1 aliphatic heterocycles. The summed E-state index contributed by atoms with van der Waals surface area (Å²) >= 11 is 0. The van der Waals surface area contributed by atoms with Crippen LogP contribution in [0.25, 0.3) is 22.5 Å². The second kappa shape index (κ2) is 6.80. The van der Waals surface area contributed by atoms with Gasteiger partial charge in [0, 0.05) is 30.2 Å². The zero-order valence-corrected chi connectivity index (χ0v) is 16.2. The Balaban J connectivity index is 1.32. The van der Waals surface area contributed by atoms with Crippen LogP contribution in [-0.2, 0) is 0 Å². The fourth-order valence-corrected chi connectivity index (χ4v) is 3.74. The van der Waals surface area contributed by atoms with Crippen LogP contribution in [0, 0.1) is 13.8 Å². The van der Waals surface area contributed by atoms with Gasteiger partial charge in [0.2, 0.25) is 5.89 Å². The molecule has 29 heavy (non-hydrogen) atoms. The van der Waals surface area contributed by atoms with Gasteiger partial charge in [0.15, 0.2) is 0 Å². The molecule has 1 fully saturated rings. The van der Waals surface area contributed by atoms with E-state index in [1.165, 1.54) is 0 Å². The Hall–Kier alpha value is -3.55. The maximum atomic E-state index is 13.0. The van der Waals surface area contributed by atoms with Crippen LogP contribution in [0.5, 0.6) is 0 Å². The van der Waals surface area contributed by atoms with Crippen molar-refractivity contribution in [2.45, 2.75) is 26.2 Å². The number of amides is 1. The summed E-state index contributed by atoms with van der Waals surface area (Å²) < 4.78 is 5.82. The van der Waals surface area contributed by atoms with Crippen molar-refractivity contribution < 1.29 is 9.21 Å². The predicted molar refractivity (Wildman–Crippen MR) is 106 cm³/mol. The number of hydrogen-bond acceptors (Lipinski definition) is 6. The lowest BCUT2D eigenvalue weighted by Gasteiger charge is -2.14. The van der Waals surface area contributed by atoms with Crippen molar-refractivity contribution in [2.75, 3.05) is 13.1 Å². The average Bonchev–Trinajstić information content (AvgIpc) is 3.47. The molecule has 0 aliphatic carbocycles. The van der Waals surface area contributed by atoms with Gasteiger partial charge in [-0.1, -0.05) is 12.1 Å². The second-order valence-electron chi connectivity index (χ2n) is 7.44. The Morgan fingerprint density at radius 1 is 1.21 bits per heavy atom. The number of aryl methyl sites for hydroxylation is 2. The number of hydrogen-bond donors (Lipinski definition) is 1. The number of aromatic nitrogens is 5. The highest BCUT2D eigenvalue weighted by Gasteiger charge is 2.32. The van der Waals surface area contributed by atoms with Crippen LogP contribution in [0.15, 0.2) is 41.1 Å². The summed E-state index contributed by atoms with van der Waals surface area (Å²) in [5.74, 6) is 0.894. The molecule has 8 nitrogen and oxygen atoms in total. The van der Waals surface area contributed by atoms with Gasteiger partial charge in [0.25, 0.3) is 11.8 Å². The maximum Gasteiger partial charge on any atom is 0.270 e. The summed E-state index contributed by atoms with van der Waals surface area (Å²) in [5, 5.41) is 9.35. The van der Waals surface area contributed by atoms with E-state index in [0.29, 0.717) is 36.3 Å². The molecule has 5 rings (SSSR count). The van der Waals surface area contributed by atoms with Crippen molar-refractivity contribution in [3.8, 4) is 11.6 Å². The number of benzene rings is 1. The molecule has 1 amide bonds. The van der Waals surface area contributed by atoms with Gasteiger partial charge in [-0.3, -0.25) is 9.78 Å². The highest BCUT2D eigenvalue weighted by Crippen LogP contribution is 2.29. The minimum Gasteiger partial charge on any atom is -0.419 e. The molecule has 4 aromatic rings. The Morgan fingerprint density at radius 3 is 2.90 bits per heavy atom. The zero-order valence-electron chi connectivity index (χ0n) is 16.2. The monoisotopic (exact) mass is 388 g/mol. The quantitative estimate of drug-likeness (QED) is 0.578. The van der Waals surface area contributed by atoms with Crippen LogP contribution in [0.3, 0.4) is 0 Å². The molecule has 0 saturated carbocycles. The van der Waals surface area contributed by atoms with Gasteiger partial charge >= 0.3 is 0 Å². The molecule has 1 atom stereocenters. The molecule has 0 bridgehead atoms. The third-order valence-corrected chi connectivity index (χ3v) is 5.38. The number of rotatable bonds is 3. The van der Waals surface area contributed by atoms with Crippen LogP contribution in [0.1, 0.15) is 40.0 Å². The number of aromatic amines is 1. The van der Waals surface area contributed by atoms with E-state index in [9.17, 15) is 4.79 Å². The molecule has 1 saturated heterocycles. The molecule has 1 aliphatic rings. The van der Waals surface area contributed by atoms with E-state index in [0.717, 1.165) is 28.6 Å². The minimum atomic E-state index is -0.00719. The van der Waals surface area contributed by atoms with E-state index in [4.69, 9.17) is 4.42 Å². The van der Waals surface area contributed by atoms with E-state index in [2.05, 4.69) is 25.1 Å². The van der Waals surface area contributed by atoms with Gasteiger partial charge in [0.05, 0.1) is 17.8 Å². The maximum absolute atomic E-state index is 13.0. The molecule has 8 heteroatoms. The van der Waals surface area contributed by atoms with E-state index < -0.39 is 0 Å². The van der Waals surface area contributed by atoms with Crippen molar-refractivity contribution in [2.24, 2.45) is 0 Å². The van der Waals surface area contributed by atoms with Crippen LogP contribution in [-0.4, -0.2) is 49.0 Å². The highest BCUT2D eigenvalue weighted by molar-refractivity contribution is 5.99. The summed E-state index contributed by atoms with van der Waals surface area (Å²) in [5.41, 5.74) is 4.11. The summed E-state index contributed by atoms with van der Waals surface area (Å²) in [7, 11) is 0. The average molecular weight is 388 g/mol. The third-order valence-electron chi connectivity index (χ3n) is 5.38. The molecule has 4 heterocycles. The minimum absolute atomic E-state index is 0.00719. The molecule has 0 radical (unpaired) electrons. The van der Waals surface area contributed by atoms with Gasteiger partial charge in [-0.05, 0) is 38.0 Å².